The van der Waals surface area contributed by atoms with Crippen molar-refractivity contribution in [3.63, 3.8) is 0 Å². The number of hydrogen-bond acceptors (Lipinski definition) is 4. The predicted octanol–water partition coefficient (Wildman–Crippen LogP) is 3.90. The first-order chi connectivity index (χ1) is 13.5. The Labute approximate surface area is 168 Å². The van der Waals surface area contributed by atoms with Gasteiger partial charge in [0.2, 0.25) is 0 Å². The van der Waals surface area contributed by atoms with E-state index in [1.54, 1.807) is 19.9 Å². The second-order valence-corrected chi connectivity index (χ2v) is 6.64. The summed E-state index contributed by atoms with van der Waals surface area (Å²) in [6.45, 7) is 3.66. The summed E-state index contributed by atoms with van der Waals surface area (Å²) in [7, 11) is 0. The van der Waals surface area contributed by atoms with Crippen LogP contribution in [0.3, 0.4) is 0 Å². The molecule has 0 spiro atoms. The third-order valence-corrected chi connectivity index (χ3v) is 4.57. The molecule has 0 fully saturated rings. The molecule has 0 saturated heterocycles. The lowest BCUT2D eigenvalue weighted by Gasteiger charge is -2.26. The van der Waals surface area contributed by atoms with Gasteiger partial charge in [0.15, 0.2) is 0 Å². The second kappa shape index (κ2) is 8.80. The first-order valence-electron chi connectivity index (χ1n) is 8.95. The molecular weight excluding hydrogens is 380 g/mol. The lowest BCUT2D eigenvalue weighted by atomic mass is 10.0. The van der Waals surface area contributed by atoms with E-state index in [0.717, 1.165) is 11.1 Å². The van der Waals surface area contributed by atoms with E-state index in [9.17, 15) is 9.59 Å². The van der Waals surface area contributed by atoms with Crippen molar-refractivity contribution in [1.82, 2.24) is 10.6 Å². The van der Waals surface area contributed by atoms with Crippen molar-refractivity contribution in [2.45, 2.75) is 19.9 Å². The van der Waals surface area contributed by atoms with Gasteiger partial charge in [-0.25, -0.2) is 9.59 Å². The zero-order valence-electron chi connectivity index (χ0n) is 15.6. The molecular formula is C21H21ClN2O4. The Balaban J connectivity index is 1.80. The number of halogens is 1. The van der Waals surface area contributed by atoms with Crippen molar-refractivity contribution in [3.05, 3.63) is 64.8 Å². The molecule has 0 radical (unpaired) electrons. The molecule has 0 saturated carbocycles. The van der Waals surface area contributed by atoms with Gasteiger partial charge in [-0.1, -0.05) is 48.0 Å². The van der Waals surface area contributed by atoms with Crippen LogP contribution < -0.4 is 15.4 Å². The van der Waals surface area contributed by atoms with Gasteiger partial charge in [-0.2, -0.15) is 0 Å². The zero-order valence-corrected chi connectivity index (χ0v) is 16.4. The minimum absolute atomic E-state index is 0.0175. The number of urea groups is 1. The molecule has 2 amide bonds. The largest absolute Gasteiger partial charge is 0.486 e. The maximum absolute atomic E-state index is 12.3. The molecule has 6 nitrogen and oxygen atoms in total. The summed E-state index contributed by atoms with van der Waals surface area (Å²) in [5.41, 5.74) is 2.70. The van der Waals surface area contributed by atoms with Crippen molar-refractivity contribution < 1.29 is 19.1 Å². The van der Waals surface area contributed by atoms with E-state index < -0.39 is 18.0 Å². The molecule has 1 aliphatic rings. The first kappa shape index (κ1) is 19.8. The molecule has 7 heteroatoms. The van der Waals surface area contributed by atoms with E-state index in [1.165, 1.54) is 0 Å². The Bertz CT molecular complexity index is 912. The van der Waals surface area contributed by atoms with Crippen molar-refractivity contribution in [1.29, 1.82) is 0 Å². The molecule has 146 valence electrons. The van der Waals surface area contributed by atoms with Crippen LogP contribution >= 0.6 is 11.6 Å². The topological polar surface area (TPSA) is 76.7 Å². The van der Waals surface area contributed by atoms with Crippen LogP contribution in [0.2, 0.25) is 5.02 Å². The fourth-order valence-electron chi connectivity index (χ4n) is 2.97. The Hall–Kier alpha value is -2.99. The summed E-state index contributed by atoms with van der Waals surface area (Å²) >= 11 is 6.37. The highest BCUT2D eigenvalue weighted by molar-refractivity contribution is 6.32. The number of esters is 1. The normalized spacial score (nSPS) is 16.2. The minimum Gasteiger partial charge on any atom is -0.486 e. The van der Waals surface area contributed by atoms with Gasteiger partial charge in [0.25, 0.3) is 0 Å². The second-order valence-electron chi connectivity index (χ2n) is 6.23. The van der Waals surface area contributed by atoms with E-state index in [4.69, 9.17) is 21.1 Å². The van der Waals surface area contributed by atoms with Crippen LogP contribution in [0.15, 0.2) is 59.8 Å². The molecule has 0 aromatic heterocycles. The summed E-state index contributed by atoms with van der Waals surface area (Å²) in [4.78, 5) is 24.1. The zero-order chi connectivity index (χ0) is 20.1. The highest BCUT2D eigenvalue weighted by atomic mass is 35.5. The highest BCUT2D eigenvalue weighted by Crippen LogP contribution is 2.30. The van der Waals surface area contributed by atoms with Crippen molar-refractivity contribution >= 4 is 23.6 Å². The van der Waals surface area contributed by atoms with Gasteiger partial charge >= 0.3 is 12.0 Å². The maximum atomic E-state index is 12.3. The molecule has 28 heavy (non-hydrogen) atoms. The first-order valence-corrected chi connectivity index (χ1v) is 9.32. The minimum atomic E-state index is -0.494. The standard InChI is InChI=1S/C21H21ClN2O4/c1-3-27-20(25)19-13(2)23-21(26)24-17(19)12-28-18-10-9-15(11-16(18)22)14-7-5-4-6-8-14/h4-11,13H,3,12H2,1-2H3,(H2,23,24,26)/t13-/m0/s1. The molecule has 2 aromatic rings. The Morgan fingerprint density at radius 1 is 1.14 bits per heavy atom. The predicted molar refractivity (Wildman–Crippen MR) is 107 cm³/mol. The van der Waals surface area contributed by atoms with Crippen LogP contribution in [-0.4, -0.2) is 31.3 Å². The SMILES string of the molecule is CCOC(=O)C1=C(COc2ccc(-c3ccccc3)cc2Cl)NC(=O)N[C@H]1C. The van der Waals surface area contributed by atoms with Gasteiger partial charge in [0.05, 0.1) is 28.9 Å². The summed E-state index contributed by atoms with van der Waals surface area (Å²) in [5, 5.41) is 5.71. The third-order valence-electron chi connectivity index (χ3n) is 4.28. The van der Waals surface area contributed by atoms with E-state index >= 15 is 0 Å². The number of carbonyl (C=O) groups excluding carboxylic acids is 2. The molecule has 2 aromatic carbocycles. The van der Waals surface area contributed by atoms with E-state index in [-0.39, 0.29) is 13.2 Å². The van der Waals surface area contributed by atoms with Crippen LogP contribution in [0, 0.1) is 0 Å². The number of benzene rings is 2. The van der Waals surface area contributed by atoms with Gasteiger partial charge in [-0.3, -0.25) is 0 Å². The van der Waals surface area contributed by atoms with E-state index in [1.807, 2.05) is 42.5 Å². The Kier molecular flexibility index (Phi) is 6.21. The molecule has 1 aliphatic heterocycles. The molecule has 0 unspecified atom stereocenters. The molecule has 1 heterocycles. The summed E-state index contributed by atoms with van der Waals surface area (Å²) in [5.74, 6) is -0.0379. The van der Waals surface area contributed by atoms with Crippen LogP contribution in [0.25, 0.3) is 11.1 Å². The summed E-state index contributed by atoms with van der Waals surface area (Å²) in [6.07, 6.45) is 0. The third kappa shape index (κ3) is 4.46. The average molecular weight is 401 g/mol. The molecule has 1 atom stereocenters. The van der Waals surface area contributed by atoms with Gasteiger partial charge in [0, 0.05) is 0 Å². The Morgan fingerprint density at radius 3 is 2.57 bits per heavy atom. The van der Waals surface area contributed by atoms with Crippen molar-refractivity contribution in [2.24, 2.45) is 0 Å². The fourth-order valence-corrected chi connectivity index (χ4v) is 3.21. The van der Waals surface area contributed by atoms with Crippen LogP contribution in [0.1, 0.15) is 13.8 Å². The summed E-state index contributed by atoms with van der Waals surface area (Å²) < 4.78 is 10.9. The van der Waals surface area contributed by atoms with Crippen LogP contribution in [0.4, 0.5) is 4.79 Å². The monoisotopic (exact) mass is 400 g/mol. The van der Waals surface area contributed by atoms with Crippen LogP contribution in [-0.2, 0) is 9.53 Å². The maximum Gasteiger partial charge on any atom is 0.338 e. The smallest absolute Gasteiger partial charge is 0.338 e. The number of amides is 2. The van der Waals surface area contributed by atoms with Gasteiger partial charge in [-0.15, -0.1) is 0 Å². The number of rotatable bonds is 6. The highest BCUT2D eigenvalue weighted by Gasteiger charge is 2.30. The van der Waals surface area contributed by atoms with Gasteiger partial charge in [0.1, 0.15) is 12.4 Å². The fraction of sp³-hybridized carbons (Fsp3) is 0.238. The van der Waals surface area contributed by atoms with Gasteiger partial charge in [-0.05, 0) is 37.1 Å². The molecule has 0 bridgehead atoms. The average Bonchev–Trinajstić information content (AvgIpc) is 2.67. The van der Waals surface area contributed by atoms with E-state index in [2.05, 4.69) is 10.6 Å². The summed E-state index contributed by atoms with van der Waals surface area (Å²) in [6, 6.07) is 14.5. The Morgan fingerprint density at radius 2 is 1.89 bits per heavy atom. The van der Waals surface area contributed by atoms with Gasteiger partial charge < -0.3 is 20.1 Å². The quantitative estimate of drug-likeness (QED) is 0.721. The number of carbonyl (C=O) groups is 2. The van der Waals surface area contributed by atoms with Crippen LogP contribution in [0.5, 0.6) is 5.75 Å². The number of hydrogen-bond donors (Lipinski definition) is 2. The lowest BCUT2D eigenvalue weighted by molar-refractivity contribution is -0.139. The molecule has 3 rings (SSSR count). The lowest BCUT2D eigenvalue weighted by Crippen LogP contribution is -2.50. The van der Waals surface area contributed by atoms with Crippen molar-refractivity contribution in [2.75, 3.05) is 13.2 Å². The number of nitrogens with one attached hydrogen (secondary N) is 2. The number of ether oxygens (including phenoxy) is 2. The molecule has 2 N–H and O–H groups in total. The molecule has 0 aliphatic carbocycles. The van der Waals surface area contributed by atoms with Crippen molar-refractivity contribution in [3.8, 4) is 16.9 Å². The van der Waals surface area contributed by atoms with E-state index in [0.29, 0.717) is 22.0 Å².